The second-order valence-corrected chi connectivity index (χ2v) is 15.2. The first-order valence-corrected chi connectivity index (χ1v) is 17.3. The molecule has 2 aromatic heterocycles. The molecular weight excluding hydrogens is 665 g/mol. The predicted molar refractivity (Wildman–Crippen MR) is 180 cm³/mol. The van der Waals surface area contributed by atoms with E-state index in [9.17, 15) is 18.7 Å². The monoisotopic (exact) mass is 698 g/mol. The first-order valence-electron chi connectivity index (χ1n) is 16.1. The van der Waals surface area contributed by atoms with Gasteiger partial charge in [0.05, 0.1) is 25.6 Å². The molecule has 4 fully saturated rings. The summed E-state index contributed by atoms with van der Waals surface area (Å²) in [6.07, 6.45) is 4.74. The number of halogens is 4. The van der Waals surface area contributed by atoms with E-state index in [0.29, 0.717) is 36.4 Å². The quantitative estimate of drug-likeness (QED) is 0.184. The third-order valence-corrected chi connectivity index (χ3v) is 12.1. The van der Waals surface area contributed by atoms with Crippen LogP contribution in [0.1, 0.15) is 38.5 Å². The van der Waals surface area contributed by atoms with E-state index < -0.39 is 29.1 Å². The average molecular weight is 699 g/mol. The molecule has 1 saturated carbocycles. The fourth-order valence-corrected chi connectivity index (χ4v) is 9.64. The molecular formula is C34H34ClF3N6O3S. The lowest BCUT2D eigenvalue weighted by Crippen LogP contribution is -2.57. The van der Waals surface area contributed by atoms with Gasteiger partial charge >= 0.3 is 6.01 Å². The fourth-order valence-electron chi connectivity index (χ4n) is 8.51. The summed E-state index contributed by atoms with van der Waals surface area (Å²) in [5.74, 6) is -1.74. The van der Waals surface area contributed by atoms with Gasteiger partial charge in [-0.15, -0.1) is 11.3 Å². The Morgan fingerprint density at radius 3 is 2.88 bits per heavy atom. The minimum Gasteiger partial charge on any atom is -0.506 e. The van der Waals surface area contributed by atoms with E-state index in [2.05, 4.69) is 26.8 Å². The first-order chi connectivity index (χ1) is 23.0. The molecule has 8 rings (SSSR count). The van der Waals surface area contributed by atoms with E-state index in [1.807, 2.05) is 0 Å². The maximum Gasteiger partial charge on any atom is 0.319 e. The van der Waals surface area contributed by atoms with Crippen LogP contribution >= 0.6 is 22.9 Å². The van der Waals surface area contributed by atoms with Gasteiger partial charge in [0, 0.05) is 48.5 Å². The number of nitrogens with one attached hydrogen (secondary N) is 1. The van der Waals surface area contributed by atoms with Crippen molar-refractivity contribution in [3.63, 3.8) is 0 Å². The number of nitrogens with two attached hydrogens (primary N) is 1. The van der Waals surface area contributed by atoms with Crippen LogP contribution in [0.15, 0.2) is 30.9 Å². The molecule has 48 heavy (non-hydrogen) atoms. The molecule has 9 nitrogen and oxygen atoms in total. The number of nitrogen functional groups attached to an aromatic ring is 1. The smallest absolute Gasteiger partial charge is 0.319 e. The van der Waals surface area contributed by atoms with Gasteiger partial charge < -0.3 is 25.8 Å². The van der Waals surface area contributed by atoms with Crippen molar-refractivity contribution in [2.75, 3.05) is 43.8 Å². The number of fused-ring (bicyclic) bond motifs is 3. The Labute approximate surface area is 283 Å². The van der Waals surface area contributed by atoms with Gasteiger partial charge in [0.2, 0.25) is 5.91 Å². The molecule has 1 unspecified atom stereocenters. The molecule has 3 saturated heterocycles. The van der Waals surface area contributed by atoms with Crippen molar-refractivity contribution in [2.24, 2.45) is 5.41 Å². The topological polar surface area (TPSA) is 117 Å². The van der Waals surface area contributed by atoms with Crippen LogP contribution in [-0.4, -0.2) is 81.3 Å². The Kier molecular flexibility index (Phi) is 7.46. The highest BCUT2D eigenvalue weighted by Crippen LogP contribution is 2.50. The number of hydrogen-bond acceptors (Lipinski definition) is 9. The number of aromatic hydroxyl groups is 1. The van der Waals surface area contributed by atoms with E-state index in [1.54, 1.807) is 11.0 Å². The molecule has 0 bridgehead atoms. The lowest BCUT2D eigenvalue weighted by Gasteiger charge is -2.48. The van der Waals surface area contributed by atoms with Crippen LogP contribution in [0.5, 0.6) is 11.8 Å². The molecule has 1 aliphatic carbocycles. The van der Waals surface area contributed by atoms with E-state index >= 15 is 4.39 Å². The van der Waals surface area contributed by atoms with Crippen molar-refractivity contribution in [1.29, 1.82) is 0 Å². The summed E-state index contributed by atoms with van der Waals surface area (Å²) < 4.78 is 52.5. The van der Waals surface area contributed by atoms with E-state index in [-0.39, 0.29) is 67.6 Å². The lowest BCUT2D eigenvalue weighted by atomic mass is 9.78. The molecule has 5 heterocycles. The fraction of sp³-hybridized carbons (Fsp3) is 0.441. The van der Waals surface area contributed by atoms with Crippen LogP contribution in [0.25, 0.3) is 32.1 Å². The molecule has 14 heteroatoms. The number of anilines is 2. The molecule has 1 spiro atoms. The zero-order valence-corrected chi connectivity index (χ0v) is 27.6. The van der Waals surface area contributed by atoms with E-state index in [0.717, 1.165) is 50.0 Å². The zero-order chi connectivity index (χ0) is 33.5. The van der Waals surface area contributed by atoms with E-state index in [4.69, 9.17) is 22.1 Å². The van der Waals surface area contributed by atoms with Crippen molar-refractivity contribution >= 4 is 60.7 Å². The molecule has 2 aromatic carbocycles. The number of carbonyl (C=O) groups is 1. The number of ether oxygens (including phenoxy) is 1. The van der Waals surface area contributed by atoms with Crippen molar-refractivity contribution in [3.8, 4) is 22.9 Å². The highest BCUT2D eigenvalue weighted by Gasteiger charge is 2.50. The third-order valence-electron chi connectivity index (χ3n) is 10.7. The lowest BCUT2D eigenvalue weighted by molar-refractivity contribution is -0.137. The number of rotatable bonds is 7. The van der Waals surface area contributed by atoms with Gasteiger partial charge in [-0.25, -0.2) is 13.2 Å². The number of amides is 1. The van der Waals surface area contributed by atoms with Crippen molar-refractivity contribution in [2.45, 2.75) is 56.3 Å². The number of alkyl halides is 1. The van der Waals surface area contributed by atoms with Crippen LogP contribution < -0.4 is 15.8 Å². The second kappa shape index (κ2) is 11.4. The molecule has 3 atom stereocenters. The summed E-state index contributed by atoms with van der Waals surface area (Å²) in [5.41, 5.74) is 5.31. The van der Waals surface area contributed by atoms with Gasteiger partial charge in [0.1, 0.15) is 35.7 Å². The summed E-state index contributed by atoms with van der Waals surface area (Å²) in [6.45, 7) is 6.07. The normalized spacial score (nSPS) is 24.8. The number of likely N-dealkylation sites (tertiary alicyclic amines) is 1. The van der Waals surface area contributed by atoms with Crippen molar-refractivity contribution < 1.29 is 27.8 Å². The molecule has 3 aliphatic heterocycles. The highest BCUT2D eigenvalue weighted by atomic mass is 35.5. The summed E-state index contributed by atoms with van der Waals surface area (Å²) >= 11 is 7.76. The summed E-state index contributed by atoms with van der Waals surface area (Å²) in [6, 6.07) is 3.93. The Hall–Kier alpha value is -3.81. The third kappa shape index (κ3) is 4.96. The van der Waals surface area contributed by atoms with Crippen LogP contribution in [0.4, 0.5) is 24.0 Å². The molecule has 4 N–H and O–H groups in total. The summed E-state index contributed by atoms with van der Waals surface area (Å²) in [4.78, 5) is 25.0. The number of aromatic nitrogens is 2. The van der Waals surface area contributed by atoms with Crippen molar-refractivity contribution in [3.05, 3.63) is 47.5 Å². The number of benzene rings is 2. The van der Waals surface area contributed by atoms with Gasteiger partial charge in [0.15, 0.2) is 5.82 Å². The Morgan fingerprint density at radius 1 is 1.27 bits per heavy atom. The van der Waals surface area contributed by atoms with Gasteiger partial charge in [-0.05, 0) is 62.4 Å². The Morgan fingerprint density at radius 2 is 2.08 bits per heavy atom. The van der Waals surface area contributed by atoms with Crippen LogP contribution in [0.3, 0.4) is 0 Å². The van der Waals surface area contributed by atoms with E-state index in [1.165, 1.54) is 18.2 Å². The Bertz CT molecular complexity index is 2000. The zero-order valence-electron chi connectivity index (χ0n) is 26.0. The number of hydrogen-bond donors (Lipinski definition) is 3. The highest BCUT2D eigenvalue weighted by molar-refractivity contribution is 7.22. The van der Waals surface area contributed by atoms with Crippen molar-refractivity contribution in [1.82, 2.24) is 19.8 Å². The number of nitrogens with zero attached hydrogens (tertiary/aromatic N) is 4. The molecule has 0 radical (unpaired) electrons. The predicted octanol–water partition coefficient (Wildman–Crippen LogP) is 6.67. The van der Waals surface area contributed by atoms with Crippen LogP contribution in [-0.2, 0) is 4.79 Å². The minimum atomic E-state index is -0.958. The largest absolute Gasteiger partial charge is 0.506 e. The number of thiophene rings is 1. The number of phenols is 1. The molecule has 252 valence electrons. The average Bonchev–Trinajstić information content (AvgIpc) is 3.81. The van der Waals surface area contributed by atoms with Gasteiger partial charge in [-0.2, -0.15) is 9.97 Å². The number of phenolic OH excluding ortho intramolecular Hbond substituents is 1. The standard InChI is InChI=1S/C34H34ClF3N6O3S/c1-2-23(45)43-14-33(15-43)8-6-18(12-33)40-31-25-28(41-32(42-31)47-16-34-7-3-9-44(34)13-17(36)11-34)27(38)24(26(35)29(25)46)19-4-5-21(37)30-20(19)10-22(39)48-30/h2,4-5,10,17-18,46H,1,3,6-9,11-16,39H2,(H,40,41,42)/t17-,18?,34+/m1/s1. The SMILES string of the molecule is C=CC(=O)N1CC2(CCC(Nc3nc(OC[C@@]45CCCN4C[C@H](F)C5)nc4c(F)c(-c5ccc(F)c6sc(N)cc56)c(Cl)c(O)c34)C2)C1. The van der Waals surface area contributed by atoms with Gasteiger partial charge in [-0.3, -0.25) is 9.69 Å². The Balaban J connectivity index is 1.20. The van der Waals surface area contributed by atoms with Gasteiger partial charge in [0.25, 0.3) is 0 Å². The van der Waals surface area contributed by atoms with Crippen LogP contribution in [0, 0.1) is 17.0 Å². The summed E-state index contributed by atoms with van der Waals surface area (Å²) in [7, 11) is 0. The first kappa shape index (κ1) is 31.5. The van der Waals surface area contributed by atoms with Gasteiger partial charge in [-0.1, -0.05) is 24.2 Å². The molecule has 4 aliphatic rings. The molecule has 4 aromatic rings. The maximum atomic E-state index is 16.9. The number of carbonyl (C=O) groups excluding carboxylic acids is 1. The maximum absolute atomic E-state index is 16.9. The minimum absolute atomic E-state index is 0.0137. The molecule has 1 amide bonds. The second-order valence-electron chi connectivity index (χ2n) is 13.8. The van der Waals surface area contributed by atoms with Crippen LogP contribution in [0.2, 0.25) is 5.02 Å². The summed E-state index contributed by atoms with van der Waals surface area (Å²) in [5, 5.41) is 15.4.